The predicted octanol–water partition coefficient (Wildman–Crippen LogP) is 12.0. The first-order valence-electron chi connectivity index (χ1n) is 19.7. The van der Waals surface area contributed by atoms with Gasteiger partial charge in [-0.3, -0.25) is 15.0 Å². The lowest BCUT2D eigenvalue weighted by Crippen LogP contribution is -2.10. The Labute approximate surface area is 381 Å². The fourth-order valence-corrected chi connectivity index (χ4v) is 10.2. The number of rotatable bonds is 8. The molecule has 5 heterocycles. The molecule has 0 bridgehead atoms. The highest BCUT2D eigenvalue weighted by atomic mass is 35.5. The third kappa shape index (κ3) is 9.55. The van der Waals surface area contributed by atoms with Crippen LogP contribution in [0.4, 0.5) is 26.3 Å². The van der Waals surface area contributed by atoms with Gasteiger partial charge in [-0.2, -0.15) is 26.3 Å². The maximum atomic E-state index is 13.2. The zero-order chi connectivity index (χ0) is 47.4. The van der Waals surface area contributed by atoms with Crippen molar-refractivity contribution < 1.29 is 43.2 Å². The second-order valence-corrected chi connectivity index (χ2v) is 20.5. The summed E-state index contributed by atoms with van der Waals surface area (Å²) in [6, 6.07) is 15.8. The Kier molecular flexibility index (Phi) is 12.9. The van der Waals surface area contributed by atoms with E-state index in [2.05, 4.69) is 19.9 Å². The van der Waals surface area contributed by atoms with E-state index in [0.29, 0.717) is 34.1 Å². The molecule has 2 aliphatic heterocycles. The van der Waals surface area contributed by atoms with Crippen LogP contribution in [-0.2, 0) is 45.5 Å². The van der Waals surface area contributed by atoms with Crippen LogP contribution < -0.4 is 0 Å². The van der Waals surface area contributed by atoms with Crippen LogP contribution in [0.25, 0.3) is 55.6 Å². The first-order chi connectivity index (χ1) is 30.4. The van der Waals surface area contributed by atoms with Gasteiger partial charge in [-0.15, -0.1) is 0 Å². The third-order valence-electron chi connectivity index (χ3n) is 10.6. The molecule has 0 amide bonds. The summed E-state index contributed by atoms with van der Waals surface area (Å²) in [5, 5.41) is 0.575. The van der Waals surface area contributed by atoms with Gasteiger partial charge in [0.1, 0.15) is 11.4 Å². The summed E-state index contributed by atoms with van der Waals surface area (Å²) in [7, 11) is -5.75. The molecule has 65 heavy (non-hydrogen) atoms. The SMILES string of the molecule is CCS(=O)(=O)c1cc(-c2cccc(C(F)(F)F)c2)cnc1-c1nc2cc(C)cn(C)c-2c1Cl.CCS(=O)(=O)c1cc(-c2cccc(C(F)(F)F)c2)cnc1C1=C(Cl)c2ncc(C)cc2C1. The fourth-order valence-electron chi connectivity index (χ4n) is 7.37. The minimum absolute atomic E-state index is 0.0615. The maximum Gasteiger partial charge on any atom is 0.416 e. The number of nitrogens with zero attached hydrogens (tertiary/aromatic N) is 5. The number of pyridine rings is 4. The highest BCUT2D eigenvalue weighted by Gasteiger charge is 2.33. The normalized spacial score (nSPS) is 13.2. The van der Waals surface area contributed by atoms with E-state index in [4.69, 9.17) is 23.2 Å². The van der Waals surface area contributed by atoms with Gasteiger partial charge in [0.2, 0.25) is 0 Å². The van der Waals surface area contributed by atoms with E-state index in [0.717, 1.165) is 41.0 Å². The number of alkyl halides is 6. The van der Waals surface area contributed by atoms with Crippen LogP contribution in [0.15, 0.2) is 107 Å². The number of benzene rings is 2. The Bertz CT molecular complexity index is 3240. The summed E-state index contributed by atoms with van der Waals surface area (Å²) in [4.78, 5) is 17.4. The van der Waals surface area contributed by atoms with E-state index in [9.17, 15) is 43.2 Å². The van der Waals surface area contributed by atoms with Gasteiger partial charge in [-0.05, 0) is 84.1 Å². The Morgan fingerprint density at radius 2 is 1.14 bits per heavy atom. The topological polar surface area (TPSA) is 125 Å². The summed E-state index contributed by atoms with van der Waals surface area (Å²) < 4.78 is 132. The molecule has 0 unspecified atom stereocenters. The van der Waals surface area contributed by atoms with Gasteiger partial charge in [0.05, 0.1) is 65.3 Å². The van der Waals surface area contributed by atoms with Crippen molar-refractivity contribution in [1.82, 2.24) is 24.5 Å². The summed E-state index contributed by atoms with van der Waals surface area (Å²) >= 11 is 13.1. The standard InChI is InChI=1S/C23H19ClF3N3O2S.C23H18ClF3N2O2S/c1-4-33(31,32)18-10-15(14-6-5-7-16(9-14)23(25,26)27)11-28-20(18)21-19(24)22-17(29-21)8-13(2)12-30(22)3;1-3-32(30,31)19-10-16(14-5-4-6-17(8-14)23(25,26)27)12-29-22(19)18-9-15-7-13(2)11-28-21(15)20(18)24/h5-12H,4H2,1-3H3;4-8,10-12H,3,9H2,1-2H3. The molecule has 0 spiro atoms. The van der Waals surface area contributed by atoms with E-state index >= 15 is 0 Å². The summed E-state index contributed by atoms with van der Waals surface area (Å²) in [5.41, 5.74) is 4.82. The van der Waals surface area contributed by atoms with Gasteiger partial charge in [0.25, 0.3) is 0 Å². The molecule has 9 nitrogen and oxygen atoms in total. The Morgan fingerprint density at radius 3 is 1.66 bits per heavy atom. The lowest BCUT2D eigenvalue weighted by molar-refractivity contribution is -0.138. The largest absolute Gasteiger partial charge is 0.416 e. The second-order valence-electron chi connectivity index (χ2n) is 15.2. The van der Waals surface area contributed by atoms with E-state index < -0.39 is 43.2 Å². The lowest BCUT2D eigenvalue weighted by atomic mass is 10.0. The number of aromatic nitrogens is 5. The van der Waals surface area contributed by atoms with Crippen LogP contribution in [0.3, 0.4) is 0 Å². The molecule has 0 N–H and O–H groups in total. The first-order valence-corrected chi connectivity index (χ1v) is 23.8. The van der Waals surface area contributed by atoms with Crippen LogP contribution in [0.5, 0.6) is 0 Å². The van der Waals surface area contributed by atoms with Gasteiger partial charge in [-0.25, -0.2) is 21.8 Å². The molecule has 3 aliphatic rings. The molecule has 0 saturated carbocycles. The zero-order valence-electron chi connectivity index (χ0n) is 35.1. The van der Waals surface area contributed by atoms with Crippen molar-refractivity contribution in [3.05, 3.63) is 142 Å². The Balaban J connectivity index is 0.000000194. The van der Waals surface area contributed by atoms with Gasteiger partial charge in [-0.1, -0.05) is 67.4 Å². The Hall–Kier alpha value is -5.62. The van der Waals surface area contributed by atoms with Crippen molar-refractivity contribution in [2.45, 2.75) is 56.3 Å². The highest BCUT2D eigenvalue weighted by molar-refractivity contribution is 7.91. The zero-order valence-corrected chi connectivity index (χ0v) is 38.2. The van der Waals surface area contributed by atoms with E-state index in [-0.39, 0.29) is 65.7 Å². The smallest absolute Gasteiger partial charge is 0.348 e. The number of aryl methyl sites for hydroxylation is 3. The number of fused-ring (bicyclic) bond motifs is 2. The number of hydrogen-bond acceptors (Lipinski definition) is 8. The van der Waals surface area contributed by atoms with Crippen molar-refractivity contribution in [2.24, 2.45) is 7.05 Å². The van der Waals surface area contributed by atoms with Gasteiger partial charge < -0.3 is 4.57 Å². The van der Waals surface area contributed by atoms with Crippen LogP contribution >= 0.6 is 23.2 Å². The Morgan fingerprint density at radius 1 is 0.631 bits per heavy atom. The van der Waals surface area contributed by atoms with Crippen molar-refractivity contribution in [2.75, 3.05) is 11.5 Å². The number of hydrogen-bond donors (Lipinski definition) is 0. The van der Waals surface area contributed by atoms with Crippen LogP contribution in [0.1, 0.15) is 53.1 Å². The van der Waals surface area contributed by atoms with E-state index in [1.807, 2.05) is 32.2 Å². The predicted molar refractivity (Wildman–Crippen MR) is 239 cm³/mol. The van der Waals surface area contributed by atoms with Crippen molar-refractivity contribution in [1.29, 1.82) is 0 Å². The van der Waals surface area contributed by atoms with Crippen LogP contribution in [0.2, 0.25) is 5.02 Å². The molecule has 0 radical (unpaired) electrons. The molecule has 0 saturated heterocycles. The molecule has 2 aromatic carbocycles. The summed E-state index contributed by atoms with van der Waals surface area (Å²) in [6.45, 7) is 6.78. The molecular formula is C46H37Cl2F6N5O4S2. The van der Waals surface area contributed by atoms with Gasteiger partial charge >= 0.3 is 12.4 Å². The van der Waals surface area contributed by atoms with Gasteiger partial charge in [0, 0.05) is 55.0 Å². The number of allylic oxidation sites excluding steroid dienone is 1. The number of halogens is 8. The average molecular weight is 973 g/mol. The molecule has 1 aliphatic carbocycles. The molecule has 19 heteroatoms. The van der Waals surface area contributed by atoms with Crippen molar-refractivity contribution in [3.63, 3.8) is 0 Å². The molecule has 0 fully saturated rings. The van der Waals surface area contributed by atoms with Crippen LogP contribution in [0, 0.1) is 13.8 Å². The van der Waals surface area contributed by atoms with Crippen molar-refractivity contribution >= 4 is 53.5 Å². The maximum absolute atomic E-state index is 13.2. The molecule has 5 aromatic rings. The first kappa shape index (κ1) is 47.3. The average Bonchev–Trinajstić information content (AvgIpc) is 3.77. The number of sulfone groups is 2. The molecule has 0 atom stereocenters. The summed E-state index contributed by atoms with van der Waals surface area (Å²) in [5.74, 6) is -0.415. The van der Waals surface area contributed by atoms with Crippen molar-refractivity contribution in [3.8, 4) is 45.0 Å². The third-order valence-corrected chi connectivity index (χ3v) is 14.9. The molecule has 8 rings (SSSR count). The molecule has 338 valence electrons. The molecular weight excluding hydrogens is 936 g/mol. The fraction of sp³-hybridized carbons (Fsp3) is 0.217. The molecule has 3 aromatic heterocycles. The monoisotopic (exact) mass is 971 g/mol. The minimum atomic E-state index is -4.53. The quantitative estimate of drug-likeness (QED) is 0.138. The van der Waals surface area contributed by atoms with Gasteiger partial charge in [0.15, 0.2) is 19.7 Å². The highest BCUT2D eigenvalue weighted by Crippen LogP contribution is 2.44. The minimum Gasteiger partial charge on any atom is -0.348 e. The second kappa shape index (κ2) is 17.6. The van der Waals surface area contributed by atoms with E-state index in [1.54, 1.807) is 17.8 Å². The lowest BCUT2D eigenvalue weighted by Gasteiger charge is -2.13. The van der Waals surface area contributed by atoms with E-state index in [1.165, 1.54) is 62.6 Å². The summed E-state index contributed by atoms with van der Waals surface area (Å²) in [6.07, 6.45) is -2.42. The van der Waals surface area contributed by atoms with Crippen LogP contribution in [-0.4, -0.2) is 52.8 Å².